The molecule has 0 spiro atoms. The Labute approximate surface area is 146 Å². The summed E-state index contributed by atoms with van der Waals surface area (Å²) in [7, 11) is 0. The number of hydrogen-bond acceptors (Lipinski definition) is 4. The van der Waals surface area contributed by atoms with Crippen LogP contribution in [0.3, 0.4) is 0 Å². The lowest BCUT2D eigenvalue weighted by molar-refractivity contribution is -0.130. The largest absolute Gasteiger partial charge is 0.490 e. The number of likely N-dealkylation sites (tertiary alicyclic amines) is 1. The number of benzene rings is 1. The van der Waals surface area contributed by atoms with Gasteiger partial charge < -0.3 is 14.7 Å². The monoisotopic (exact) mass is 344 g/mol. The van der Waals surface area contributed by atoms with Crippen molar-refractivity contribution in [2.45, 2.75) is 25.4 Å². The summed E-state index contributed by atoms with van der Waals surface area (Å²) >= 11 is 0. The summed E-state index contributed by atoms with van der Waals surface area (Å²) in [4.78, 5) is 18.2. The smallest absolute Gasteiger partial charge is 0.228 e. The molecule has 1 aromatic carbocycles. The number of hydrogen-bond donors (Lipinski definition) is 1. The van der Waals surface area contributed by atoms with E-state index in [2.05, 4.69) is 4.98 Å². The van der Waals surface area contributed by atoms with E-state index in [1.165, 1.54) is 12.1 Å². The minimum Gasteiger partial charge on any atom is -0.490 e. The maximum atomic E-state index is 13.2. The number of aliphatic hydroxyl groups is 1. The van der Waals surface area contributed by atoms with E-state index in [9.17, 15) is 14.3 Å². The van der Waals surface area contributed by atoms with Crippen molar-refractivity contribution >= 4 is 5.91 Å². The van der Waals surface area contributed by atoms with Gasteiger partial charge in [-0.05, 0) is 43.2 Å². The Balaban J connectivity index is 1.55. The van der Waals surface area contributed by atoms with Crippen molar-refractivity contribution in [1.82, 2.24) is 9.88 Å². The zero-order valence-corrected chi connectivity index (χ0v) is 14.1. The highest BCUT2D eigenvalue weighted by Gasteiger charge is 2.39. The fourth-order valence-electron chi connectivity index (χ4n) is 2.92. The highest BCUT2D eigenvalue weighted by atomic mass is 19.1. The summed E-state index contributed by atoms with van der Waals surface area (Å²) in [6.45, 7) is 2.64. The van der Waals surface area contributed by atoms with Crippen LogP contribution in [0.4, 0.5) is 4.39 Å². The molecular formula is C19H21FN2O3. The van der Waals surface area contributed by atoms with Crippen molar-refractivity contribution in [1.29, 1.82) is 0 Å². The first-order valence-electron chi connectivity index (χ1n) is 8.24. The molecule has 0 bridgehead atoms. The van der Waals surface area contributed by atoms with Gasteiger partial charge in [0.2, 0.25) is 5.91 Å². The predicted molar refractivity (Wildman–Crippen MR) is 90.7 cm³/mol. The second-order valence-corrected chi connectivity index (χ2v) is 6.54. The molecule has 1 amide bonds. The highest BCUT2D eigenvalue weighted by molar-refractivity contribution is 5.78. The molecule has 1 atom stereocenters. The molecule has 0 saturated carbocycles. The Hall–Kier alpha value is -2.47. The van der Waals surface area contributed by atoms with Gasteiger partial charge in [0.05, 0.1) is 13.0 Å². The maximum absolute atomic E-state index is 13.2. The van der Waals surface area contributed by atoms with Crippen LogP contribution in [0.2, 0.25) is 0 Å². The van der Waals surface area contributed by atoms with Crippen molar-refractivity contribution < 1.29 is 19.0 Å². The van der Waals surface area contributed by atoms with Crippen molar-refractivity contribution in [2.24, 2.45) is 0 Å². The van der Waals surface area contributed by atoms with Crippen molar-refractivity contribution in [3.8, 4) is 5.75 Å². The maximum Gasteiger partial charge on any atom is 0.228 e. The molecule has 0 radical (unpaired) electrons. The number of ether oxygens (including phenoxy) is 1. The number of carbonyl (C=O) groups is 1. The number of β-amino-alcohol motifs (C(OH)–C–C–N with tert-alkyl or cyclic N) is 1. The molecule has 1 fully saturated rings. The van der Waals surface area contributed by atoms with Crippen LogP contribution in [-0.4, -0.2) is 46.2 Å². The molecule has 25 heavy (non-hydrogen) atoms. The lowest BCUT2D eigenvalue weighted by Gasteiger charge is -2.23. The third kappa shape index (κ3) is 4.54. The molecule has 3 rings (SSSR count). The van der Waals surface area contributed by atoms with Gasteiger partial charge in [-0.25, -0.2) is 4.39 Å². The molecular weight excluding hydrogens is 323 g/mol. The average Bonchev–Trinajstić information content (AvgIpc) is 2.96. The Kier molecular flexibility index (Phi) is 4.99. The summed E-state index contributed by atoms with van der Waals surface area (Å²) < 4.78 is 18.7. The van der Waals surface area contributed by atoms with Gasteiger partial charge in [0.15, 0.2) is 0 Å². The van der Waals surface area contributed by atoms with E-state index >= 15 is 0 Å². The highest BCUT2D eigenvalue weighted by Crippen LogP contribution is 2.24. The molecule has 6 heteroatoms. The van der Waals surface area contributed by atoms with Crippen LogP contribution in [0.25, 0.3) is 0 Å². The first-order chi connectivity index (χ1) is 11.9. The van der Waals surface area contributed by atoms with Crippen LogP contribution in [-0.2, 0) is 11.2 Å². The van der Waals surface area contributed by atoms with Crippen LogP contribution in [0.1, 0.15) is 17.7 Å². The van der Waals surface area contributed by atoms with E-state index in [0.717, 1.165) is 11.3 Å². The Morgan fingerprint density at radius 2 is 2.24 bits per heavy atom. The van der Waals surface area contributed by atoms with Gasteiger partial charge in [0, 0.05) is 24.5 Å². The molecule has 0 aliphatic carbocycles. The standard InChI is InChI=1S/C19H21FN2O3/c1-14-5-7-21-16(9-14)11-18(23)22-8-6-19(24,12-22)13-25-17-4-2-3-15(20)10-17/h2-5,7,9-10,24H,6,8,11-13H2,1H3/t19-/m0/s1. The van der Waals surface area contributed by atoms with Crippen LogP contribution in [0, 0.1) is 12.7 Å². The third-order valence-electron chi connectivity index (χ3n) is 4.29. The van der Waals surface area contributed by atoms with E-state index in [1.54, 1.807) is 23.2 Å². The second kappa shape index (κ2) is 7.19. The number of rotatable bonds is 5. The summed E-state index contributed by atoms with van der Waals surface area (Å²) in [5.74, 6) is -0.0969. The van der Waals surface area contributed by atoms with Crippen molar-refractivity contribution in [3.63, 3.8) is 0 Å². The quantitative estimate of drug-likeness (QED) is 0.902. The molecule has 5 nitrogen and oxygen atoms in total. The Bertz CT molecular complexity index is 768. The van der Waals surface area contributed by atoms with Crippen LogP contribution in [0.5, 0.6) is 5.75 Å². The minimum absolute atomic E-state index is 0.0168. The summed E-state index contributed by atoms with van der Waals surface area (Å²) in [6.07, 6.45) is 2.32. The van der Waals surface area contributed by atoms with Gasteiger partial charge in [-0.1, -0.05) is 6.07 Å². The molecule has 2 heterocycles. The lowest BCUT2D eigenvalue weighted by atomic mass is 10.1. The molecule has 132 valence electrons. The van der Waals surface area contributed by atoms with E-state index in [0.29, 0.717) is 18.7 Å². The van der Waals surface area contributed by atoms with Gasteiger partial charge in [-0.3, -0.25) is 9.78 Å². The van der Waals surface area contributed by atoms with Gasteiger partial charge in [0.1, 0.15) is 23.8 Å². The van der Waals surface area contributed by atoms with Crippen molar-refractivity contribution in [3.05, 3.63) is 59.7 Å². The zero-order valence-electron chi connectivity index (χ0n) is 14.1. The van der Waals surface area contributed by atoms with Gasteiger partial charge >= 0.3 is 0 Å². The van der Waals surface area contributed by atoms with Crippen molar-refractivity contribution in [2.75, 3.05) is 19.7 Å². The fourth-order valence-corrected chi connectivity index (χ4v) is 2.92. The Morgan fingerprint density at radius 3 is 3.00 bits per heavy atom. The SMILES string of the molecule is Cc1ccnc(CC(=O)N2CC[C@@](O)(COc3cccc(F)c3)C2)c1. The number of amides is 1. The Morgan fingerprint density at radius 1 is 1.40 bits per heavy atom. The molecule has 1 aromatic heterocycles. The van der Waals surface area contributed by atoms with E-state index in [1.807, 2.05) is 19.1 Å². The number of halogens is 1. The predicted octanol–water partition coefficient (Wildman–Crippen LogP) is 2.11. The second-order valence-electron chi connectivity index (χ2n) is 6.54. The number of carbonyl (C=O) groups excluding carboxylic acids is 1. The van der Waals surface area contributed by atoms with Gasteiger partial charge in [-0.15, -0.1) is 0 Å². The molecule has 1 aliphatic heterocycles. The molecule has 1 saturated heterocycles. The topological polar surface area (TPSA) is 62.7 Å². The number of aryl methyl sites for hydroxylation is 1. The first kappa shape index (κ1) is 17.4. The molecule has 1 aliphatic rings. The number of nitrogens with zero attached hydrogens (tertiary/aromatic N) is 2. The molecule has 2 aromatic rings. The van der Waals surface area contributed by atoms with Crippen LogP contribution in [0.15, 0.2) is 42.6 Å². The zero-order chi connectivity index (χ0) is 17.9. The van der Waals surface area contributed by atoms with E-state index < -0.39 is 11.4 Å². The lowest BCUT2D eigenvalue weighted by Crippen LogP contribution is -2.41. The average molecular weight is 344 g/mol. The number of aromatic nitrogens is 1. The fraction of sp³-hybridized carbons (Fsp3) is 0.368. The van der Waals surface area contributed by atoms with Crippen LogP contribution >= 0.6 is 0 Å². The minimum atomic E-state index is -1.12. The molecule has 0 unspecified atom stereocenters. The van der Waals surface area contributed by atoms with Gasteiger partial charge in [0.25, 0.3) is 0 Å². The normalized spacial score (nSPS) is 19.9. The number of pyridine rings is 1. The summed E-state index contributed by atoms with van der Waals surface area (Å²) in [6, 6.07) is 9.54. The van der Waals surface area contributed by atoms with Crippen LogP contribution < -0.4 is 4.74 Å². The third-order valence-corrected chi connectivity index (χ3v) is 4.29. The summed E-state index contributed by atoms with van der Waals surface area (Å²) in [5.41, 5.74) is 0.651. The first-order valence-corrected chi connectivity index (χ1v) is 8.24. The van der Waals surface area contributed by atoms with E-state index in [-0.39, 0.29) is 25.5 Å². The van der Waals surface area contributed by atoms with E-state index in [4.69, 9.17) is 4.74 Å². The summed E-state index contributed by atoms with van der Waals surface area (Å²) in [5, 5.41) is 10.6. The molecule has 1 N–H and O–H groups in total. The van der Waals surface area contributed by atoms with Gasteiger partial charge in [-0.2, -0.15) is 0 Å².